The summed E-state index contributed by atoms with van der Waals surface area (Å²) < 4.78 is 35.1. The molecule has 10 heteroatoms. The molecule has 0 saturated heterocycles. The zero-order chi connectivity index (χ0) is 23.3. The predicted molar refractivity (Wildman–Crippen MR) is 133 cm³/mol. The minimum Gasteiger partial charge on any atom is -0.382 e. The molecule has 3 aromatic carbocycles. The van der Waals surface area contributed by atoms with Gasteiger partial charge in [-0.05, 0) is 60.2 Å². The first-order valence-electron chi connectivity index (χ1n) is 9.33. The van der Waals surface area contributed by atoms with Crippen LogP contribution in [0.25, 0.3) is 0 Å². The summed E-state index contributed by atoms with van der Waals surface area (Å²) in [6.07, 6.45) is 0. The van der Waals surface area contributed by atoms with Crippen LogP contribution >= 0.6 is 43.5 Å². The molecule has 6 nitrogen and oxygen atoms in total. The topological polar surface area (TPSA) is 84.5 Å². The number of hydrogen-bond donors (Lipinski definition) is 2. The predicted octanol–water partition coefficient (Wildman–Crippen LogP) is 5.78. The van der Waals surface area contributed by atoms with Gasteiger partial charge in [-0.1, -0.05) is 55.6 Å². The summed E-state index contributed by atoms with van der Waals surface area (Å²) in [7, 11) is -2.40. The van der Waals surface area contributed by atoms with E-state index >= 15 is 0 Å². The molecular formula is C22H19Br2ClN2O4S. The Bertz CT molecular complexity index is 1220. The van der Waals surface area contributed by atoms with Crippen molar-refractivity contribution >= 4 is 65.1 Å². The van der Waals surface area contributed by atoms with E-state index in [9.17, 15) is 13.2 Å². The summed E-state index contributed by atoms with van der Waals surface area (Å²) in [5.74, 6) is -0.516. The van der Waals surface area contributed by atoms with E-state index in [1.807, 2.05) is 24.3 Å². The van der Waals surface area contributed by atoms with Gasteiger partial charge >= 0.3 is 0 Å². The number of nitrogens with one attached hydrogen (secondary N) is 2. The Kier molecular flexibility index (Phi) is 8.35. The minimum atomic E-state index is -3.93. The Balaban J connectivity index is 1.86. The van der Waals surface area contributed by atoms with E-state index in [2.05, 4.69) is 41.9 Å². The maximum atomic E-state index is 13.0. The lowest BCUT2D eigenvalue weighted by Gasteiger charge is -2.19. The Labute approximate surface area is 208 Å². The average Bonchev–Trinajstić information content (AvgIpc) is 2.75. The highest BCUT2D eigenvalue weighted by Gasteiger charge is 2.22. The molecule has 2 N–H and O–H groups in total. The quantitative estimate of drug-likeness (QED) is 0.342. The molecule has 0 aliphatic rings. The molecule has 1 atom stereocenters. The molecule has 3 rings (SSSR count). The molecule has 0 aliphatic heterocycles. The molecule has 0 aromatic heterocycles. The van der Waals surface area contributed by atoms with Crippen molar-refractivity contribution in [2.45, 2.75) is 10.9 Å². The second-order valence-electron chi connectivity index (χ2n) is 6.79. The number of carbonyl (C=O) groups excluding carboxylic acids is 1. The summed E-state index contributed by atoms with van der Waals surface area (Å²) in [5.41, 5.74) is 1.26. The van der Waals surface area contributed by atoms with E-state index in [4.69, 9.17) is 16.3 Å². The van der Waals surface area contributed by atoms with Crippen LogP contribution in [0.2, 0.25) is 5.02 Å². The van der Waals surface area contributed by atoms with Crippen LogP contribution in [0.1, 0.15) is 22.0 Å². The van der Waals surface area contributed by atoms with Crippen LogP contribution in [0.5, 0.6) is 0 Å². The largest absolute Gasteiger partial charge is 0.382 e. The smallest absolute Gasteiger partial charge is 0.261 e. The van der Waals surface area contributed by atoms with Gasteiger partial charge in [0.25, 0.3) is 15.9 Å². The van der Waals surface area contributed by atoms with Crippen molar-refractivity contribution in [2.24, 2.45) is 0 Å². The van der Waals surface area contributed by atoms with Gasteiger partial charge in [-0.25, -0.2) is 8.42 Å². The number of rotatable bonds is 8. The molecule has 168 valence electrons. The lowest BCUT2D eigenvalue weighted by atomic mass is 10.1. The van der Waals surface area contributed by atoms with E-state index in [0.29, 0.717) is 5.69 Å². The van der Waals surface area contributed by atoms with Crippen LogP contribution in [0.3, 0.4) is 0 Å². The van der Waals surface area contributed by atoms with Gasteiger partial charge in [0.2, 0.25) is 0 Å². The lowest BCUT2D eigenvalue weighted by Crippen LogP contribution is -2.31. The molecule has 1 amide bonds. The third kappa shape index (κ3) is 6.32. The number of hydrogen-bond acceptors (Lipinski definition) is 4. The Hall–Kier alpha value is -1.91. The molecule has 3 aromatic rings. The van der Waals surface area contributed by atoms with Crippen LogP contribution in [0.15, 0.2) is 80.6 Å². The molecule has 32 heavy (non-hydrogen) atoms. The number of halogens is 3. The van der Waals surface area contributed by atoms with Crippen molar-refractivity contribution in [1.29, 1.82) is 0 Å². The van der Waals surface area contributed by atoms with Crippen molar-refractivity contribution < 1.29 is 17.9 Å². The lowest BCUT2D eigenvalue weighted by molar-refractivity contribution is 0.0896. The molecular weight excluding hydrogens is 584 g/mol. The van der Waals surface area contributed by atoms with Gasteiger partial charge in [0, 0.05) is 21.7 Å². The van der Waals surface area contributed by atoms with Gasteiger partial charge in [-0.3, -0.25) is 9.52 Å². The third-order valence-corrected chi connectivity index (χ3v) is 7.21. The van der Waals surface area contributed by atoms with Gasteiger partial charge in [0.15, 0.2) is 0 Å². The van der Waals surface area contributed by atoms with Crippen LogP contribution in [0, 0.1) is 0 Å². The molecule has 0 spiro atoms. The highest BCUT2D eigenvalue weighted by Crippen LogP contribution is 2.25. The van der Waals surface area contributed by atoms with Crippen molar-refractivity contribution in [1.82, 2.24) is 5.32 Å². The monoisotopic (exact) mass is 600 g/mol. The zero-order valence-electron chi connectivity index (χ0n) is 16.8. The van der Waals surface area contributed by atoms with Gasteiger partial charge in [0.05, 0.1) is 28.1 Å². The van der Waals surface area contributed by atoms with Gasteiger partial charge in [0.1, 0.15) is 0 Å². The summed E-state index contributed by atoms with van der Waals surface area (Å²) in [6.45, 7) is 0.225. The van der Waals surface area contributed by atoms with Gasteiger partial charge in [-0.2, -0.15) is 0 Å². The zero-order valence-corrected chi connectivity index (χ0v) is 21.6. The summed E-state index contributed by atoms with van der Waals surface area (Å²) in [4.78, 5) is 12.9. The molecule has 1 unspecified atom stereocenters. The number of anilines is 1. The summed E-state index contributed by atoms with van der Waals surface area (Å²) in [6, 6.07) is 17.7. The minimum absolute atomic E-state index is 0.0430. The fourth-order valence-electron chi connectivity index (χ4n) is 2.92. The average molecular weight is 603 g/mol. The number of methoxy groups -OCH3 is 1. The normalized spacial score (nSPS) is 12.2. The second kappa shape index (κ2) is 10.8. The highest BCUT2D eigenvalue weighted by atomic mass is 79.9. The summed E-state index contributed by atoms with van der Waals surface area (Å²) in [5, 5.41) is 3.00. The number of benzene rings is 3. The summed E-state index contributed by atoms with van der Waals surface area (Å²) >= 11 is 13.0. The van der Waals surface area contributed by atoms with Crippen LogP contribution in [-0.4, -0.2) is 28.0 Å². The molecule has 0 fully saturated rings. The Morgan fingerprint density at radius 3 is 2.41 bits per heavy atom. The highest BCUT2D eigenvalue weighted by molar-refractivity contribution is 9.10. The van der Waals surface area contributed by atoms with E-state index in [1.165, 1.54) is 25.3 Å². The van der Waals surface area contributed by atoms with Gasteiger partial charge in [-0.15, -0.1) is 0 Å². The number of sulfonamides is 1. The van der Waals surface area contributed by atoms with E-state index in [0.717, 1.165) is 14.5 Å². The number of ether oxygens (including phenoxy) is 1. The Morgan fingerprint density at radius 1 is 1.03 bits per heavy atom. The number of carbonyl (C=O) groups is 1. The van der Waals surface area contributed by atoms with E-state index < -0.39 is 22.0 Å². The molecule has 0 aliphatic carbocycles. The van der Waals surface area contributed by atoms with Crippen molar-refractivity contribution in [2.75, 3.05) is 18.4 Å². The maximum Gasteiger partial charge on any atom is 0.261 e. The third-order valence-electron chi connectivity index (χ3n) is 4.48. The van der Waals surface area contributed by atoms with Crippen LogP contribution < -0.4 is 10.0 Å². The molecule has 0 radical (unpaired) electrons. The van der Waals surface area contributed by atoms with Crippen LogP contribution in [-0.2, 0) is 14.8 Å². The first kappa shape index (κ1) is 24.7. The van der Waals surface area contributed by atoms with Crippen LogP contribution in [0.4, 0.5) is 5.69 Å². The first-order valence-corrected chi connectivity index (χ1v) is 12.8. The molecule has 0 saturated carbocycles. The maximum absolute atomic E-state index is 13.0. The molecule has 0 bridgehead atoms. The fraction of sp³-hybridized carbons (Fsp3) is 0.136. The van der Waals surface area contributed by atoms with Gasteiger partial charge < -0.3 is 10.1 Å². The second-order valence-corrected chi connectivity index (χ2v) is 10.7. The standard InChI is InChI=1S/C22H19Br2ClN2O4S/c1-31-13-21(14-3-2-4-16(24)11-14)26-22(28)19-12-18(9-10-20(19)25)32(29,30)27-17-7-5-15(23)6-8-17/h2-12,21,27H,13H2,1H3,(H,26,28). The van der Waals surface area contributed by atoms with Crippen molar-refractivity contribution in [3.8, 4) is 0 Å². The van der Waals surface area contributed by atoms with Crippen molar-refractivity contribution in [3.05, 3.63) is 91.8 Å². The first-order chi connectivity index (χ1) is 15.2. The van der Waals surface area contributed by atoms with E-state index in [-0.39, 0.29) is 22.1 Å². The SMILES string of the molecule is COCC(NC(=O)c1cc(S(=O)(=O)Nc2ccc(Br)cc2)ccc1Cl)c1cccc(Br)c1. The molecule has 0 heterocycles. The van der Waals surface area contributed by atoms with E-state index in [1.54, 1.807) is 24.3 Å². The van der Waals surface area contributed by atoms with Crippen molar-refractivity contribution in [3.63, 3.8) is 0 Å². The fourth-order valence-corrected chi connectivity index (χ4v) is 4.89. The number of amides is 1. The Morgan fingerprint density at radius 2 is 1.75 bits per heavy atom.